The lowest BCUT2D eigenvalue weighted by Crippen LogP contribution is -2.15. The first-order valence-corrected chi connectivity index (χ1v) is 8.06. The van der Waals surface area contributed by atoms with Crippen LogP contribution in [0.1, 0.15) is 46.5 Å². The first-order chi connectivity index (χ1) is 10.3. The van der Waals surface area contributed by atoms with E-state index in [2.05, 4.69) is 5.16 Å². The minimum absolute atomic E-state index is 0.0270. The Bertz CT molecular complexity index is 476. The summed E-state index contributed by atoms with van der Waals surface area (Å²) < 4.78 is 5.56. The molecule has 0 aliphatic heterocycles. The first kappa shape index (κ1) is 18.9. The summed E-state index contributed by atoms with van der Waals surface area (Å²) in [6.45, 7) is 6.41. The van der Waals surface area contributed by atoms with Gasteiger partial charge in [-0.2, -0.15) is 0 Å². The molecule has 0 heterocycles. The quantitative estimate of drug-likeness (QED) is 0.387. The smallest absolute Gasteiger partial charge is 0.156 e. The van der Waals surface area contributed by atoms with Crippen molar-refractivity contribution in [2.24, 2.45) is 5.16 Å². The molecule has 0 saturated heterocycles. The highest BCUT2D eigenvalue weighted by Gasteiger charge is 2.10. The first-order valence-electron chi connectivity index (χ1n) is 7.30. The highest BCUT2D eigenvalue weighted by molar-refractivity contribution is 6.37. The highest BCUT2D eigenvalue weighted by atomic mass is 35.5. The van der Waals surface area contributed by atoms with E-state index in [4.69, 9.17) is 32.8 Å². The largest absolute Gasteiger partial charge is 0.508 e. The lowest BCUT2D eigenvalue weighted by atomic mass is 10.2. The number of halogens is 2. The second-order valence-corrected chi connectivity index (χ2v) is 6.74. The lowest BCUT2D eigenvalue weighted by molar-refractivity contribution is 0.00156. The number of phenols is 1. The number of ether oxygens (including phenoxy) is 1. The Morgan fingerprint density at radius 3 is 2.36 bits per heavy atom. The molecule has 0 radical (unpaired) electrons. The van der Waals surface area contributed by atoms with Crippen molar-refractivity contribution < 1.29 is 14.7 Å². The van der Waals surface area contributed by atoms with Crippen LogP contribution in [-0.2, 0) is 4.84 Å². The van der Waals surface area contributed by atoms with E-state index in [-0.39, 0.29) is 11.4 Å². The van der Waals surface area contributed by atoms with Crippen LogP contribution in [0.15, 0.2) is 17.3 Å². The molecule has 124 valence electrons. The molecule has 0 fully saturated rings. The topological polar surface area (TPSA) is 51.0 Å². The van der Waals surface area contributed by atoms with E-state index in [0.29, 0.717) is 22.4 Å². The van der Waals surface area contributed by atoms with Crippen molar-refractivity contribution in [3.63, 3.8) is 0 Å². The standard InChI is InChI=1S/C16H23Cl2NO3/c1-16(2,3)22-19-8-6-4-5-7-9-21-15-13(17)10-12(20)11-14(15)18/h8,10-11,20H,4-7,9H2,1-3H3. The van der Waals surface area contributed by atoms with Gasteiger partial charge in [0.1, 0.15) is 11.4 Å². The van der Waals surface area contributed by atoms with Crippen molar-refractivity contribution in [1.82, 2.24) is 0 Å². The van der Waals surface area contributed by atoms with Crippen LogP contribution in [0.3, 0.4) is 0 Å². The number of rotatable bonds is 8. The number of aromatic hydroxyl groups is 1. The van der Waals surface area contributed by atoms with Crippen molar-refractivity contribution in [2.45, 2.75) is 52.1 Å². The molecular formula is C16H23Cl2NO3. The minimum Gasteiger partial charge on any atom is -0.508 e. The Kier molecular flexibility index (Phi) is 7.83. The molecule has 0 bridgehead atoms. The Morgan fingerprint density at radius 1 is 1.14 bits per heavy atom. The Labute approximate surface area is 142 Å². The molecule has 1 rings (SSSR count). The van der Waals surface area contributed by atoms with Crippen LogP contribution in [-0.4, -0.2) is 23.5 Å². The zero-order valence-corrected chi connectivity index (χ0v) is 14.7. The summed E-state index contributed by atoms with van der Waals surface area (Å²) in [4.78, 5) is 5.25. The fourth-order valence-electron chi connectivity index (χ4n) is 1.62. The third-order valence-corrected chi connectivity index (χ3v) is 3.17. The predicted molar refractivity (Wildman–Crippen MR) is 91.4 cm³/mol. The van der Waals surface area contributed by atoms with Gasteiger partial charge in [0, 0.05) is 18.3 Å². The molecule has 4 nitrogen and oxygen atoms in total. The summed E-state index contributed by atoms with van der Waals surface area (Å²) in [5, 5.41) is 13.9. The zero-order chi connectivity index (χ0) is 16.6. The van der Waals surface area contributed by atoms with Gasteiger partial charge in [0.2, 0.25) is 0 Å². The van der Waals surface area contributed by atoms with Crippen LogP contribution in [0.5, 0.6) is 11.5 Å². The summed E-state index contributed by atoms with van der Waals surface area (Å²) in [5.41, 5.74) is -0.243. The molecule has 1 aromatic carbocycles. The van der Waals surface area contributed by atoms with Gasteiger partial charge in [-0.15, -0.1) is 0 Å². The molecule has 0 unspecified atom stereocenters. The molecule has 22 heavy (non-hydrogen) atoms. The molecule has 1 aromatic rings. The van der Waals surface area contributed by atoms with Gasteiger partial charge in [-0.25, -0.2) is 0 Å². The molecule has 0 spiro atoms. The SMILES string of the molecule is CC(C)(C)ON=CCCCCCOc1c(Cl)cc(O)cc1Cl. The number of phenolic OH excluding ortho intramolecular Hbond substituents is 1. The molecular weight excluding hydrogens is 325 g/mol. The van der Waals surface area contributed by atoms with Gasteiger partial charge >= 0.3 is 0 Å². The van der Waals surface area contributed by atoms with Crippen LogP contribution in [0.4, 0.5) is 0 Å². The van der Waals surface area contributed by atoms with E-state index >= 15 is 0 Å². The van der Waals surface area contributed by atoms with Crippen molar-refractivity contribution in [2.75, 3.05) is 6.61 Å². The van der Waals surface area contributed by atoms with Crippen molar-refractivity contribution >= 4 is 29.4 Å². The van der Waals surface area contributed by atoms with Gasteiger partial charge in [0.15, 0.2) is 5.75 Å². The zero-order valence-electron chi connectivity index (χ0n) is 13.2. The van der Waals surface area contributed by atoms with Gasteiger partial charge in [-0.3, -0.25) is 0 Å². The third kappa shape index (κ3) is 7.76. The Balaban J connectivity index is 2.16. The van der Waals surface area contributed by atoms with Crippen molar-refractivity contribution in [3.8, 4) is 11.5 Å². The summed E-state index contributed by atoms with van der Waals surface area (Å²) >= 11 is 11.9. The molecule has 6 heteroatoms. The molecule has 1 N–H and O–H groups in total. The average Bonchev–Trinajstić information content (AvgIpc) is 2.37. The van der Waals surface area contributed by atoms with Crippen LogP contribution in [0.2, 0.25) is 10.0 Å². The minimum atomic E-state index is -0.243. The highest BCUT2D eigenvalue weighted by Crippen LogP contribution is 2.36. The third-order valence-electron chi connectivity index (χ3n) is 2.61. The van der Waals surface area contributed by atoms with E-state index in [1.807, 2.05) is 20.8 Å². The molecule has 0 atom stereocenters. The maximum absolute atomic E-state index is 9.33. The summed E-state index contributed by atoms with van der Waals surface area (Å²) in [7, 11) is 0. The number of unbranched alkanes of at least 4 members (excludes halogenated alkanes) is 3. The van der Waals surface area contributed by atoms with Gasteiger partial charge in [-0.1, -0.05) is 28.4 Å². The van der Waals surface area contributed by atoms with E-state index in [1.54, 1.807) is 6.21 Å². The van der Waals surface area contributed by atoms with Crippen molar-refractivity contribution in [1.29, 1.82) is 0 Å². The van der Waals surface area contributed by atoms with Crippen LogP contribution in [0, 0.1) is 0 Å². The molecule has 0 amide bonds. The van der Waals surface area contributed by atoms with Gasteiger partial charge < -0.3 is 14.7 Å². The predicted octanol–water partition coefficient (Wildman–Crippen LogP) is 5.44. The molecule has 0 aliphatic carbocycles. The molecule has 0 aliphatic rings. The maximum atomic E-state index is 9.33. The van der Waals surface area contributed by atoms with E-state index in [1.165, 1.54) is 12.1 Å². The summed E-state index contributed by atoms with van der Waals surface area (Å²) in [5.74, 6) is 0.445. The van der Waals surface area contributed by atoms with E-state index in [0.717, 1.165) is 25.7 Å². The number of benzene rings is 1. The second-order valence-electron chi connectivity index (χ2n) is 5.93. The summed E-state index contributed by atoms with van der Waals surface area (Å²) in [6.07, 6.45) is 5.57. The van der Waals surface area contributed by atoms with Crippen LogP contribution in [0.25, 0.3) is 0 Å². The summed E-state index contributed by atoms with van der Waals surface area (Å²) in [6, 6.07) is 2.82. The number of nitrogens with zero attached hydrogens (tertiary/aromatic N) is 1. The van der Waals surface area contributed by atoms with Crippen LogP contribution < -0.4 is 4.74 Å². The molecule has 0 aromatic heterocycles. The second kappa shape index (κ2) is 9.11. The maximum Gasteiger partial charge on any atom is 0.156 e. The fraction of sp³-hybridized carbons (Fsp3) is 0.562. The van der Waals surface area contributed by atoms with Crippen LogP contribution >= 0.6 is 23.2 Å². The van der Waals surface area contributed by atoms with Gasteiger partial charge in [-0.05, 0) is 46.5 Å². The van der Waals surface area contributed by atoms with Gasteiger partial charge in [0.25, 0.3) is 0 Å². The van der Waals surface area contributed by atoms with Gasteiger partial charge in [0.05, 0.1) is 16.7 Å². The normalized spacial score (nSPS) is 11.9. The van der Waals surface area contributed by atoms with Crippen molar-refractivity contribution in [3.05, 3.63) is 22.2 Å². The monoisotopic (exact) mass is 347 g/mol. The number of hydrogen-bond acceptors (Lipinski definition) is 4. The Hall–Kier alpha value is -1.13. The van der Waals surface area contributed by atoms with E-state index in [9.17, 15) is 5.11 Å². The van der Waals surface area contributed by atoms with E-state index < -0.39 is 0 Å². The molecule has 0 saturated carbocycles. The number of hydrogen-bond donors (Lipinski definition) is 1. The number of oxime groups is 1. The lowest BCUT2D eigenvalue weighted by Gasteiger charge is -2.14. The average molecular weight is 348 g/mol. The fourth-order valence-corrected chi connectivity index (χ4v) is 2.21. The Morgan fingerprint density at radius 2 is 1.77 bits per heavy atom.